The van der Waals surface area contributed by atoms with Crippen LogP contribution in [0.15, 0.2) is 57.2 Å². The molecule has 0 saturated heterocycles. The van der Waals surface area contributed by atoms with Gasteiger partial charge in [-0.3, -0.25) is 4.79 Å². The van der Waals surface area contributed by atoms with Crippen molar-refractivity contribution in [2.75, 3.05) is 29.4 Å². The van der Waals surface area contributed by atoms with Crippen LogP contribution >= 0.6 is 39.3 Å². The molecule has 0 bridgehead atoms. The number of halogens is 2. The molecule has 1 amide bonds. The van der Waals surface area contributed by atoms with Crippen LogP contribution in [0.1, 0.15) is 5.56 Å². The number of thioether (sulfide) groups is 1. The standard InChI is InChI=1S/C18H17BrClN7O2S/c1-29-15-7-6-13(20)8-14(15)23-16(28)10-30-18-26-25-17(27(18)21)24-22-9-11-2-4-12(19)5-3-11/h2-9H,10,21H2,1H3,(H,23,28)(H,24,25)/b22-9+. The number of hydrogen-bond donors (Lipinski definition) is 3. The fourth-order valence-electron chi connectivity index (χ4n) is 2.26. The first-order valence-electron chi connectivity index (χ1n) is 8.47. The van der Waals surface area contributed by atoms with E-state index in [-0.39, 0.29) is 17.6 Å². The third kappa shape index (κ3) is 5.88. The number of nitrogens with one attached hydrogen (secondary N) is 2. The van der Waals surface area contributed by atoms with Gasteiger partial charge >= 0.3 is 0 Å². The summed E-state index contributed by atoms with van der Waals surface area (Å²) in [5, 5.41) is 15.6. The molecule has 2 aromatic carbocycles. The average molecular weight is 511 g/mol. The lowest BCUT2D eigenvalue weighted by Gasteiger charge is -2.10. The molecule has 3 aromatic rings. The van der Waals surface area contributed by atoms with E-state index in [2.05, 4.69) is 42.0 Å². The Bertz CT molecular complexity index is 1060. The van der Waals surface area contributed by atoms with Gasteiger partial charge in [0.1, 0.15) is 5.75 Å². The Hall–Kier alpha value is -2.76. The first-order chi connectivity index (χ1) is 14.5. The number of rotatable bonds is 8. The molecular weight excluding hydrogens is 494 g/mol. The molecule has 3 rings (SSSR count). The molecule has 0 aliphatic heterocycles. The molecule has 156 valence electrons. The molecule has 30 heavy (non-hydrogen) atoms. The summed E-state index contributed by atoms with van der Waals surface area (Å²) in [6, 6.07) is 12.6. The van der Waals surface area contributed by atoms with Crippen LogP contribution in [0.5, 0.6) is 5.75 Å². The van der Waals surface area contributed by atoms with E-state index in [9.17, 15) is 4.79 Å². The molecule has 12 heteroatoms. The van der Waals surface area contributed by atoms with Gasteiger partial charge in [0, 0.05) is 9.50 Å². The van der Waals surface area contributed by atoms with Crippen molar-refractivity contribution < 1.29 is 9.53 Å². The summed E-state index contributed by atoms with van der Waals surface area (Å²) in [5.41, 5.74) is 4.10. The summed E-state index contributed by atoms with van der Waals surface area (Å²) in [6.07, 6.45) is 1.62. The third-order valence-electron chi connectivity index (χ3n) is 3.68. The van der Waals surface area contributed by atoms with E-state index in [0.717, 1.165) is 21.8 Å². The van der Waals surface area contributed by atoms with Gasteiger partial charge in [-0.2, -0.15) is 5.10 Å². The number of aromatic nitrogens is 3. The van der Waals surface area contributed by atoms with Crippen molar-refractivity contribution in [3.63, 3.8) is 0 Å². The Labute approximate surface area is 190 Å². The van der Waals surface area contributed by atoms with Crippen molar-refractivity contribution in [2.45, 2.75) is 5.16 Å². The van der Waals surface area contributed by atoms with Crippen molar-refractivity contribution in [3.8, 4) is 5.75 Å². The van der Waals surface area contributed by atoms with E-state index in [1.165, 1.54) is 11.8 Å². The zero-order valence-corrected chi connectivity index (χ0v) is 18.8. The first kappa shape index (κ1) is 21.9. The van der Waals surface area contributed by atoms with E-state index in [4.69, 9.17) is 22.2 Å². The molecule has 0 aliphatic rings. The Morgan fingerprint density at radius 3 is 2.83 bits per heavy atom. The number of methoxy groups -OCH3 is 1. The van der Waals surface area contributed by atoms with Crippen LogP contribution in [0, 0.1) is 0 Å². The van der Waals surface area contributed by atoms with Crippen molar-refractivity contribution in [2.24, 2.45) is 5.10 Å². The van der Waals surface area contributed by atoms with Gasteiger partial charge in [0.25, 0.3) is 5.95 Å². The largest absolute Gasteiger partial charge is 0.495 e. The number of amides is 1. The normalized spacial score (nSPS) is 10.9. The number of hydrazone groups is 1. The van der Waals surface area contributed by atoms with Gasteiger partial charge in [-0.1, -0.05) is 51.4 Å². The molecule has 4 N–H and O–H groups in total. The highest BCUT2D eigenvalue weighted by molar-refractivity contribution is 9.10. The molecule has 0 atom stereocenters. The highest BCUT2D eigenvalue weighted by Gasteiger charge is 2.13. The number of hydrogen-bond acceptors (Lipinski definition) is 8. The number of anilines is 2. The zero-order chi connectivity index (χ0) is 21.5. The van der Waals surface area contributed by atoms with Crippen LogP contribution in [0.3, 0.4) is 0 Å². The average Bonchev–Trinajstić information content (AvgIpc) is 3.08. The molecule has 1 heterocycles. The molecule has 1 aromatic heterocycles. The van der Waals surface area contributed by atoms with Crippen LogP contribution in [0.4, 0.5) is 11.6 Å². The molecule has 9 nitrogen and oxygen atoms in total. The Morgan fingerprint density at radius 2 is 2.10 bits per heavy atom. The van der Waals surface area contributed by atoms with Crippen molar-refractivity contribution in [1.82, 2.24) is 14.9 Å². The highest BCUT2D eigenvalue weighted by atomic mass is 79.9. The van der Waals surface area contributed by atoms with Crippen LogP contribution < -0.4 is 21.3 Å². The maximum Gasteiger partial charge on any atom is 0.264 e. The number of carbonyl (C=O) groups is 1. The maximum atomic E-state index is 12.3. The third-order valence-corrected chi connectivity index (χ3v) is 5.39. The van der Waals surface area contributed by atoms with Gasteiger partial charge in [0.2, 0.25) is 11.1 Å². The van der Waals surface area contributed by atoms with Gasteiger partial charge < -0.3 is 15.9 Å². The van der Waals surface area contributed by atoms with Crippen molar-refractivity contribution in [3.05, 3.63) is 57.5 Å². The minimum Gasteiger partial charge on any atom is -0.495 e. The molecule has 0 fully saturated rings. The van der Waals surface area contributed by atoms with Crippen LogP contribution in [0.2, 0.25) is 5.02 Å². The minimum absolute atomic E-state index is 0.0627. The van der Waals surface area contributed by atoms with Crippen LogP contribution in [0.25, 0.3) is 0 Å². The van der Waals surface area contributed by atoms with E-state index in [1.54, 1.807) is 24.4 Å². The number of nitrogens with two attached hydrogens (primary N) is 1. The molecule has 0 spiro atoms. The van der Waals surface area contributed by atoms with Gasteiger partial charge in [-0.05, 0) is 35.9 Å². The molecule has 0 saturated carbocycles. The van der Waals surface area contributed by atoms with Crippen molar-refractivity contribution >= 4 is 63.1 Å². The maximum absolute atomic E-state index is 12.3. The summed E-state index contributed by atoms with van der Waals surface area (Å²) in [5.74, 6) is 6.50. The fourth-order valence-corrected chi connectivity index (χ4v) is 3.35. The fraction of sp³-hybridized carbons (Fsp3) is 0.111. The van der Waals surface area contributed by atoms with E-state index < -0.39 is 0 Å². The Kier molecular flexibility index (Phi) is 7.55. The summed E-state index contributed by atoms with van der Waals surface area (Å²) in [6.45, 7) is 0. The van der Waals surface area contributed by atoms with Crippen LogP contribution in [-0.4, -0.2) is 39.9 Å². The van der Waals surface area contributed by atoms with Gasteiger partial charge in [0.05, 0.1) is 24.8 Å². The quantitative estimate of drug-likeness (QED) is 0.183. The van der Waals surface area contributed by atoms with E-state index >= 15 is 0 Å². The highest BCUT2D eigenvalue weighted by Crippen LogP contribution is 2.28. The number of benzene rings is 2. The van der Waals surface area contributed by atoms with Crippen molar-refractivity contribution in [1.29, 1.82) is 0 Å². The lowest BCUT2D eigenvalue weighted by atomic mass is 10.2. The van der Waals surface area contributed by atoms with E-state index in [1.807, 2.05) is 24.3 Å². The second-order valence-corrected chi connectivity index (χ2v) is 8.07. The number of ether oxygens (including phenoxy) is 1. The predicted molar refractivity (Wildman–Crippen MR) is 123 cm³/mol. The zero-order valence-electron chi connectivity index (χ0n) is 15.7. The Morgan fingerprint density at radius 1 is 1.33 bits per heavy atom. The second kappa shape index (κ2) is 10.3. The van der Waals surface area contributed by atoms with Gasteiger partial charge in [-0.15, -0.1) is 10.2 Å². The molecule has 0 radical (unpaired) electrons. The number of carbonyl (C=O) groups excluding carboxylic acids is 1. The molecule has 0 aliphatic carbocycles. The SMILES string of the molecule is COc1ccc(Cl)cc1NC(=O)CSc1nnc(N/N=C/c2ccc(Br)cc2)n1N. The lowest BCUT2D eigenvalue weighted by molar-refractivity contribution is -0.113. The smallest absolute Gasteiger partial charge is 0.264 e. The number of nitrogens with zero attached hydrogens (tertiary/aromatic N) is 4. The lowest BCUT2D eigenvalue weighted by Crippen LogP contribution is -2.17. The summed E-state index contributed by atoms with van der Waals surface area (Å²) in [7, 11) is 1.51. The van der Waals surface area contributed by atoms with E-state index in [0.29, 0.717) is 21.6 Å². The van der Waals surface area contributed by atoms with Crippen LogP contribution in [-0.2, 0) is 4.79 Å². The summed E-state index contributed by atoms with van der Waals surface area (Å²) < 4.78 is 7.41. The topological polar surface area (TPSA) is 119 Å². The molecule has 0 unspecified atom stereocenters. The predicted octanol–water partition coefficient (Wildman–Crippen LogP) is 3.59. The van der Waals surface area contributed by atoms with Gasteiger partial charge in [0.15, 0.2) is 0 Å². The monoisotopic (exact) mass is 509 g/mol. The van der Waals surface area contributed by atoms with Gasteiger partial charge in [-0.25, -0.2) is 10.1 Å². The molecular formula is C18H17BrClN7O2S. The first-order valence-corrected chi connectivity index (χ1v) is 10.6. The summed E-state index contributed by atoms with van der Waals surface area (Å²) >= 11 is 10.5. The Balaban J connectivity index is 1.55. The summed E-state index contributed by atoms with van der Waals surface area (Å²) in [4.78, 5) is 12.3. The number of nitrogen functional groups attached to an aromatic ring is 1. The minimum atomic E-state index is -0.272. The second-order valence-electron chi connectivity index (χ2n) is 5.78.